The molecule has 0 bridgehead atoms. The molecule has 1 rings (SSSR count). The lowest BCUT2D eigenvalue weighted by molar-refractivity contribution is 0.406. The summed E-state index contributed by atoms with van der Waals surface area (Å²) in [6.07, 6.45) is 0.953. The van der Waals surface area contributed by atoms with Crippen LogP contribution in [0.3, 0.4) is 0 Å². The molecule has 0 aromatic heterocycles. The fraction of sp³-hybridized carbons (Fsp3) is 0.417. The molecule has 0 aliphatic rings. The van der Waals surface area contributed by atoms with E-state index in [2.05, 4.69) is 11.0 Å². The minimum Gasteiger partial charge on any atom is -0.496 e. The van der Waals surface area contributed by atoms with Crippen molar-refractivity contribution in [2.24, 2.45) is 0 Å². The Morgan fingerprint density at radius 1 is 1.40 bits per heavy atom. The van der Waals surface area contributed by atoms with E-state index in [1.807, 2.05) is 32.2 Å². The maximum atomic E-state index is 5.29. The summed E-state index contributed by atoms with van der Waals surface area (Å²) in [4.78, 5) is 2.99. The number of rotatable bonds is 4. The van der Waals surface area contributed by atoms with E-state index in [1.54, 1.807) is 7.11 Å². The Morgan fingerprint density at radius 2 is 2.07 bits per heavy atom. The van der Waals surface area contributed by atoms with E-state index in [0.717, 1.165) is 23.7 Å². The number of methoxy groups -OCH3 is 1. The molecule has 1 aromatic rings. The molecule has 0 unspecified atom stereocenters. The maximum Gasteiger partial charge on any atom is 0.122 e. The molecule has 0 aliphatic carbocycles. The molecule has 0 amide bonds. The van der Waals surface area contributed by atoms with Crippen molar-refractivity contribution in [1.29, 1.82) is 0 Å². The average Bonchev–Trinajstić information content (AvgIpc) is 2.26. The Kier molecular flexibility index (Phi) is 4.56. The lowest BCUT2D eigenvalue weighted by Crippen LogP contribution is -2.24. The van der Waals surface area contributed by atoms with Crippen molar-refractivity contribution in [2.45, 2.75) is 13.3 Å². The smallest absolute Gasteiger partial charge is 0.122 e. The highest BCUT2D eigenvalue weighted by atomic mass is 32.1. The van der Waals surface area contributed by atoms with E-state index >= 15 is 0 Å². The van der Waals surface area contributed by atoms with Crippen LogP contribution in [-0.2, 0) is 6.42 Å². The molecule has 1 aromatic carbocycles. The van der Waals surface area contributed by atoms with Crippen molar-refractivity contribution in [1.82, 2.24) is 4.90 Å². The van der Waals surface area contributed by atoms with Crippen LogP contribution in [0.25, 0.3) is 0 Å². The van der Waals surface area contributed by atoms with Gasteiger partial charge in [0.05, 0.1) is 12.1 Å². The second kappa shape index (κ2) is 5.71. The van der Waals surface area contributed by atoms with Crippen LogP contribution in [0, 0.1) is 0 Å². The van der Waals surface area contributed by atoms with E-state index in [-0.39, 0.29) is 0 Å². The van der Waals surface area contributed by atoms with Crippen LogP contribution in [0.4, 0.5) is 0 Å². The summed E-state index contributed by atoms with van der Waals surface area (Å²) in [5.74, 6) is 0.952. The van der Waals surface area contributed by atoms with Gasteiger partial charge in [-0.2, -0.15) is 0 Å². The molecule has 0 heterocycles. The quantitative estimate of drug-likeness (QED) is 0.728. The van der Waals surface area contributed by atoms with Gasteiger partial charge in [0.2, 0.25) is 0 Å². The fourth-order valence-electron chi connectivity index (χ4n) is 1.36. The van der Waals surface area contributed by atoms with Gasteiger partial charge in [0.1, 0.15) is 5.75 Å². The van der Waals surface area contributed by atoms with Crippen molar-refractivity contribution in [3.8, 4) is 5.75 Å². The molecule has 0 spiro atoms. The van der Waals surface area contributed by atoms with E-state index < -0.39 is 0 Å². The monoisotopic (exact) mass is 223 g/mol. The van der Waals surface area contributed by atoms with Crippen LogP contribution in [0.1, 0.15) is 12.5 Å². The highest BCUT2D eigenvalue weighted by Crippen LogP contribution is 2.17. The first-order valence-corrected chi connectivity index (χ1v) is 5.39. The predicted octanol–water partition coefficient (Wildman–Crippen LogP) is 2.52. The molecule has 0 aliphatic heterocycles. The standard InChI is InChI=1S/C12H17NOS/c1-10(15)13(2)9-8-11-6-4-5-7-12(11)14-3/h4-7H,8-9H2,1-3H3. The zero-order chi connectivity index (χ0) is 11.3. The predicted molar refractivity (Wildman–Crippen MR) is 67.6 cm³/mol. The number of hydrogen-bond acceptors (Lipinski definition) is 2. The van der Waals surface area contributed by atoms with Gasteiger partial charge in [0, 0.05) is 13.6 Å². The second-order valence-electron chi connectivity index (χ2n) is 3.50. The first-order chi connectivity index (χ1) is 7.15. The molecule has 0 saturated carbocycles. The summed E-state index contributed by atoms with van der Waals surface area (Å²) in [6, 6.07) is 8.09. The third-order valence-electron chi connectivity index (χ3n) is 2.45. The second-order valence-corrected chi connectivity index (χ2v) is 4.09. The van der Waals surface area contributed by atoms with Crippen molar-refractivity contribution >= 4 is 17.2 Å². The van der Waals surface area contributed by atoms with Crippen LogP contribution in [0.15, 0.2) is 24.3 Å². The number of thiocarbonyl (C=S) groups is 1. The lowest BCUT2D eigenvalue weighted by Gasteiger charge is -2.17. The molecule has 82 valence electrons. The number of nitrogens with zero attached hydrogens (tertiary/aromatic N) is 1. The van der Waals surface area contributed by atoms with Crippen LogP contribution in [0.5, 0.6) is 5.75 Å². The lowest BCUT2D eigenvalue weighted by atomic mass is 10.1. The molecule has 3 heteroatoms. The Balaban J connectivity index is 2.60. The molecule has 0 N–H and O–H groups in total. The van der Waals surface area contributed by atoms with Crippen molar-refractivity contribution in [3.05, 3.63) is 29.8 Å². The van der Waals surface area contributed by atoms with E-state index in [1.165, 1.54) is 5.56 Å². The van der Waals surface area contributed by atoms with Crippen LogP contribution in [0.2, 0.25) is 0 Å². The minimum absolute atomic E-state index is 0.921. The number of para-hydroxylation sites is 1. The molecule has 0 radical (unpaired) electrons. The summed E-state index contributed by atoms with van der Waals surface area (Å²) in [5, 5.41) is 0. The first-order valence-electron chi connectivity index (χ1n) is 4.98. The molecule has 15 heavy (non-hydrogen) atoms. The summed E-state index contributed by atoms with van der Waals surface area (Å²) in [6.45, 7) is 2.87. The highest BCUT2D eigenvalue weighted by Gasteiger charge is 2.03. The van der Waals surface area contributed by atoms with Crippen LogP contribution in [-0.4, -0.2) is 30.6 Å². The molecular weight excluding hydrogens is 206 g/mol. The Labute approximate surface area is 96.9 Å². The number of benzene rings is 1. The van der Waals surface area contributed by atoms with Gasteiger partial charge in [-0.3, -0.25) is 0 Å². The first kappa shape index (κ1) is 12.0. The summed E-state index contributed by atoms with van der Waals surface area (Å²) >= 11 is 5.09. The van der Waals surface area contributed by atoms with Gasteiger partial charge in [-0.05, 0) is 25.0 Å². The summed E-state index contributed by atoms with van der Waals surface area (Å²) < 4.78 is 5.29. The Bertz CT molecular complexity index is 338. The van der Waals surface area contributed by atoms with Gasteiger partial charge in [-0.15, -0.1) is 0 Å². The zero-order valence-electron chi connectivity index (χ0n) is 9.49. The third kappa shape index (κ3) is 3.51. The van der Waals surface area contributed by atoms with Gasteiger partial charge < -0.3 is 9.64 Å². The zero-order valence-corrected chi connectivity index (χ0v) is 10.3. The number of hydrogen-bond donors (Lipinski definition) is 0. The molecule has 0 fully saturated rings. The largest absolute Gasteiger partial charge is 0.496 e. The van der Waals surface area contributed by atoms with Crippen LogP contribution >= 0.6 is 12.2 Å². The molecule has 0 atom stereocenters. The van der Waals surface area contributed by atoms with E-state index in [4.69, 9.17) is 17.0 Å². The van der Waals surface area contributed by atoms with Crippen LogP contribution < -0.4 is 4.74 Å². The highest BCUT2D eigenvalue weighted by molar-refractivity contribution is 7.80. The van der Waals surface area contributed by atoms with E-state index in [0.29, 0.717) is 0 Å². The molecule has 0 saturated heterocycles. The van der Waals surface area contributed by atoms with Gasteiger partial charge in [0.15, 0.2) is 0 Å². The fourth-order valence-corrected chi connectivity index (χ4v) is 1.45. The summed E-state index contributed by atoms with van der Waals surface area (Å²) in [5.41, 5.74) is 1.23. The third-order valence-corrected chi connectivity index (χ3v) is 2.76. The molecular formula is C12H17NOS. The Hall–Kier alpha value is -1.09. The number of likely N-dealkylation sites (N-methyl/N-ethyl adjacent to an activating group) is 1. The summed E-state index contributed by atoms with van der Waals surface area (Å²) in [7, 11) is 3.71. The number of ether oxygens (including phenoxy) is 1. The maximum absolute atomic E-state index is 5.29. The van der Waals surface area contributed by atoms with Gasteiger partial charge in [-0.25, -0.2) is 0 Å². The van der Waals surface area contributed by atoms with Gasteiger partial charge in [0.25, 0.3) is 0 Å². The average molecular weight is 223 g/mol. The SMILES string of the molecule is COc1ccccc1CCN(C)C(C)=S. The van der Waals surface area contributed by atoms with E-state index in [9.17, 15) is 0 Å². The van der Waals surface area contributed by atoms with Crippen molar-refractivity contribution in [3.63, 3.8) is 0 Å². The normalized spacial score (nSPS) is 9.80. The Morgan fingerprint density at radius 3 is 2.67 bits per heavy atom. The van der Waals surface area contributed by atoms with Crippen molar-refractivity contribution in [2.75, 3.05) is 20.7 Å². The minimum atomic E-state index is 0.921. The van der Waals surface area contributed by atoms with Gasteiger partial charge >= 0.3 is 0 Å². The van der Waals surface area contributed by atoms with Crippen molar-refractivity contribution < 1.29 is 4.74 Å². The topological polar surface area (TPSA) is 12.5 Å². The molecule has 2 nitrogen and oxygen atoms in total. The van der Waals surface area contributed by atoms with Gasteiger partial charge in [-0.1, -0.05) is 30.4 Å².